The lowest BCUT2D eigenvalue weighted by Crippen LogP contribution is -2.28. The lowest BCUT2D eigenvalue weighted by Gasteiger charge is -2.18. The topological polar surface area (TPSA) is 73.1 Å². The van der Waals surface area contributed by atoms with Crippen molar-refractivity contribution in [2.24, 2.45) is 0 Å². The van der Waals surface area contributed by atoms with E-state index in [9.17, 15) is 4.79 Å². The zero-order valence-corrected chi connectivity index (χ0v) is 20.3. The fraction of sp³-hybridized carbons (Fsp3) is 0.231. The minimum atomic E-state index is 0.0277. The molecule has 0 spiro atoms. The Morgan fingerprint density at radius 1 is 1.03 bits per heavy atom. The van der Waals surface area contributed by atoms with E-state index < -0.39 is 0 Å². The average molecular weight is 474 g/mol. The minimum Gasteiger partial charge on any atom is -0.494 e. The number of benzene rings is 2. The Bertz CT molecular complexity index is 1240. The summed E-state index contributed by atoms with van der Waals surface area (Å²) < 4.78 is 7.54. The molecule has 34 heavy (non-hydrogen) atoms. The average Bonchev–Trinajstić information content (AvgIpc) is 3.29. The Balaban J connectivity index is 1.56. The van der Waals surface area contributed by atoms with E-state index in [1.165, 1.54) is 17.3 Å². The third kappa shape index (κ3) is 5.46. The summed E-state index contributed by atoms with van der Waals surface area (Å²) in [5.74, 6) is 1.77. The van der Waals surface area contributed by atoms with Gasteiger partial charge in [0.15, 0.2) is 11.0 Å². The van der Waals surface area contributed by atoms with Crippen LogP contribution in [0.2, 0.25) is 0 Å². The van der Waals surface area contributed by atoms with Gasteiger partial charge in [0, 0.05) is 37.2 Å². The molecule has 0 saturated carbocycles. The first kappa shape index (κ1) is 23.5. The molecule has 4 aromatic rings. The second-order valence-electron chi connectivity index (χ2n) is 7.77. The predicted octanol–water partition coefficient (Wildman–Crippen LogP) is 4.79. The maximum Gasteiger partial charge on any atom is 0.233 e. The van der Waals surface area contributed by atoms with E-state index in [-0.39, 0.29) is 11.7 Å². The van der Waals surface area contributed by atoms with Crippen LogP contribution < -0.4 is 4.74 Å². The third-order valence-electron chi connectivity index (χ3n) is 5.40. The second kappa shape index (κ2) is 11.0. The number of hydrogen-bond donors (Lipinski definition) is 0. The largest absolute Gasteiger partial charge is 0.494 e. The number of carbonyl (C=O) groups is 1. The quantitative estimate of drug-likeness (QED) is 0.326. The van der Waals surface area contributed by atoms with E-state index in [1.807, 2.05) is 67.1 Å². The van der Waals surface area contributed by atoms with Crippen molar-refractivity contribution in [3.8, 4) is 22.8 Å². The summed E-state index contributed by atoms with van der Waals surface area (Å²) in [5.41, 5.74) is 4.10. The van der Waals surface area contributed by atoms with Crippen LogP contribution in [0.3, 0.4) is 0 Å². The fourth-order valence-electron chi connectivity index (χ4n) is 3.51. The highest BCUT2D eigenvalue weighted by molar-refractivity contribution is 7.99. The van der Waals surface area contributed by atoms with Crippen molar-refractivity contribution in [2.75, 3.05) is 19.4 Å². The molecular weight excluding hydrogens is 446 g/mol. The lowest BCUT2D eigenvalue weighted by molar-refractivity contribution is -0.127. The van der Waals surface area contributed by atoms with Crippen LogP contribution in [-0.4, -0.2) is 50.0 Å². The van der Waals surface area contributed by atoms with Gasteiger partial charge in [0.25, 0.3) is 0 Å². The van der Waals surface area contributed by atoms with E-state index in [4.69, 9.17) is 4.74 Å². The molecule has 1 amide bonds. The molecule has 7 nitrogen and oxygen atoms in total. The van der Waals surface area contributed by atoms with Crippen LogP contribution in [0, 0.1) is 6.92 Å². The van der Waals surface area contributed by atoms with Crippen molar-refractivity contribution in [3.05, 3.63) is 84.2 Å². The SMILES string of the molecule is CCOc1ccc(-n2c(SCC(=O)N(C)Cc3ccccc3C)nnc2-c2ccncc2)cc1. The summed E-state index contributed by atoms with van der Waals surface area (Å²) in [5, 5.41) is 9.49. The Morgan fingerprint density at radius 3 is 2.47 bits per heavy atom. The summed E-state index contributed by atoms with van der Waals surface area (Å²) in [6, 6.07) is 19.7. The Labute approximate surface area is 203 Å². The number of carbonyl (C=O) groups excluding carboxylic acids is 1. The molecule has 0 radical (unpaired) electrons. The maximum absolute atomic E-state index is 12.9. The molecule has 8 heteroatoms. The summed E-state index contributed by atoms with van der Waals surface area (Å²) >= 11 is 1.37. The zero-order chi connectivity index (χ0) is 23.9. The smallest absolute Gasteiger partial charge is 0.233 e. The van der Waals surface area contributed by atoms with Gasteiger partial charge < -0.3 is 9.64 Å². The van der Waals surface area contributed by atoms with Crippen LogP contribution >= 0.6 is 11.8 Å². The van der Waals surface area contributed by atoms with Crippen LogP contribution in [0.25, 0.3) is 17.1 Å². The minimum absolute atomic E-state index is 0.0277. The summed E-state index contributed by atoms with van der Waals surface area (Å²) in [7, 11) is 1.83. The van der Waals surface area contributed by atoms with Crippen molar-refractivity contribution < 1.29 is 9.53 Å². The number of rotatable bonds is 9. The van der Waals surface area contributed by atoms with Gasteiger partial charge in [-0.2, -0.15) is 0 Å². The van der Waals surface area contributed by atoms with Gasteiger partial charge in [0.2, 0.25) is 5.91 Å². The number of pyridine rings is 1. The third-order valence-corrected chi connectivity index (χ3v) is 6.31. The first-order chi connectivity index (χ1) is 16.6. The Kier molecular flexibility index (Phi) is 7.59. The molecule has 0 aliphatic heterocycles. The zero-order valence-electron chi connectivity index (χ0n) is 19.5. The monoisotopic (exact) mass is 473 g/mol. The molecule has 0 aliphatic rings. The normalized spacial score (nSPS) is 10.8. The van der Waals surface area contributed by atoms with Gasteiger partial charge in [0.1, 0.15) is 5.75 Å². The van der Waals surface area contributed by atoms with Crippen LogP contribution in [-0.2, 0) is 11.3 Å². The molecule has 2 aromatic carbocycles. The van der Waals surface area contributed by atoms with E-state index in [1.54, 1.807) is 17.3 Å². The van der Waals surface area contributed by atoms with E-state index >= 15 is 0 Å². The van der Waals surface area contributed by atoms with Crippen LogP contribution in [0.1, 0.15) is 18.1 Å². The molecule has 0 N–H and O–H groups in total. The van der Waals surface area contributed by atoms with Crippen molar-refractivity contribution in [1.29, 1.82) is 0 Å². The van der Waals surface area contributed by atoms with Crippen LogP contribution in [0.15, 0.2) is 78.2 Å². The Hall–Kier alpha value is -3.65. The van der Waals surface area contributed by atoms with Gasteiger partial charge >= 0.3 is 0 Å². The van der Waals surface area contributed by atoms with Crippen molar-refractivity contribution in [1.82, 2.24) is 24.6 Å². The fourth-order valence-corrected chi connectivity index (χ4v) is 4.40. The first-order valence-corrected chi connectivity index (χ1v) is 12.1. The lowest BCUT2D eigenvalue weighted by atomic mass is 10.1. The van der Waals surface area contributed by atoms with Crippen molar-refractivity contribution in [2.45, 2.75) is 25.5 Å². The highest BCUT2D eigenvalue weighted by Crippen LogP contribution is 2.29. The van der Waals surface area contributed by atoms with E-state index in [2.05, 4.69) is 34.2 Å². The van der Waals surface area contributed by atoms with Gasteiger partial charge in [-0.1, -0.05) is 36.0 Å². The number of hydrogen-bond acceptors (Lipinski definition) is 6. The molecule has 174 valence electrons. The van der Waals surface area contributed by atoms with Gasteiger partial charge in [-0.05, 0) is 61.4 Å². The van der Waals surface area contributed by atoms with E-state index in [0.717, 1.165) is 22.6 Å². The number of aromatic nitrogens is 4. The molecule has 0 unspecified atom stereocenters. The highest BCUT2D eigenvalue weighted by Gasteiger charge is 2.19. The number of nitrogens with zero attached hydrogens (tertiary/aromatic N) is 5. The number of aryl methyl sites for hydroxylation is 1. The van der Waals surface area contributed by atoms with E-state index in [0.29, 0.717) is 24.1 Å². The summed E-state index contributed by atoms with van der Waals surface area (Å²) in [4.78, 5) is 18.7. The maximum atomic E-state index is 12.9. The molecule has 0 saturated heterocycles. The number of amides is 1. The molecule has 2 aromatic heterocycles. The molecule has 0 fully saturated rings. The molecule has 4 rings (SSSR count). The van der Waals surface area contributed by atoms with Gasteiger partial charge in [-0.3, -0.25) is 14.3 Å². The molecule has 0 bridgehead atoms. The molecule has 0 atom stereocenters. The van der Waals surface area contributed by atoms with Crippen LogP contribution in [0.4, 0.5) is 0 Å². The van der Waals surface area contributed by atoms with Crippen molar-refractivity contribution >= 4 is 17.7 Å². The molecule has 2 heterocycles. The van der Waals surface area contributed by atoms with Crippen LogP contribution in [0.5, 0.6) is 5.75 Å². The highest BCUT2D eigenvalue weighted by atomic mass is 32.2. The van der Waals surface area contributed by atoms with Crippen molar-refractivity contribution in [3.63, 3.8) is 0 Å². The second-order valence-corrected chi connectivity index (χ2v) is 8.71. The molecule has 0 aliphatic carbocycles. The van der Waals surface area contributed by atoms with Gasteiger partial charge in [-0.25, -0.2) is 0 Å². The summed E-state index contributed by atoms with van der Waals surface area (Å²) in [6.07, 6.45) is 3.45. The number of thioether (sulfide) groups is 1. The predicted molar refractivity (Wildman–Crippen MR) is 134 cm³/mol. The van der Waals surface area contributed by atoms with Gasteiger partial charge in [-0.15, -0.1) is 10.2 Å². The van der Waals surface area contributed by atoms with Gasteiger partial charge in [0.05, 0.1) is 12.4 Å². The standard InChI is InChI=1S/C26H27N5O2S/c1-4-33-23-11-9-22(10-12-23)31-25(20-13-15-27-16-14-20)28-29-26(31)34-18-24(32)30(3)17-21-8-6-5-7-19(21)2/h5-16H,4,17-18H2,1-3H3. The first-order valence-electron chi connectivity index (χ1n) is 11.1. The summed E-state index contributed by atoms with van der Waals surface area (Å²) in [6.45, 7) is 5.19. The number of ether oxygens (including phenoxy) is 1. The molecular formula is C26H27N5O2S. The Morgan fingerprint density at radius 2 is 1.76 bits per heavy atom.